The number of ether oxygens (including phenoxy) is 3. The van der Waals surface area contributed by atoms with Crippen molar-refractivity contribution in [1.82, 2.24) is 5.32 Å². The zero-order valence-electron chi connectivity index (χ0n) is 24.2. The van der Waals surface area contributed by atoms with Gasteiger partial charge in [0.15, 0.2) is 6.29 Å². The molecule has 1 fully saturated rings. The van der Waals surface area contributed by atoms with Crippen molar-refractivity contribution in [3.63, 3.8) is 0 Å². The summed E-state index contributed by atoms with van der Waals surface area (Å²) in [6, 6.07) is 32.5. The molecule has 1 heterocycles. The summed E-state index contributed by atoms with van der Waals surface area (Å²) in [6.07, 6.45) is -0.789. The zero-order chi connectivity index (χ0) is 29.5. The van der Waals surface area contributed by atoms with Gasteiger partial charge in [-0.1, -0.05) is 85.8 Å². The Labute approximate surface area is 252 Å². The predicted octanol–water partition coefficient (Wildman–Crippen LogP) is 7.07. The number of aliphatic hydroxyl groups excluding tert-OH is 1. The number of aliphatic hydroxyl groups is 1. The van der Waals surface area contributed by atoms with Crippen LogP contribution in [0.1, 0.15) is 48.5 Å². The van der Waals surface area contributed by atoms with Crippen molar-refractivity contribution in [2.24, 2.45) is 5.92 Å². The molecular weight excluding hydrogens is 546 g/mol. The van der Waals surface area contributed by atoms with Gasteiger partial charge in [-0.15, -0.1) is 11.8 Å². The lowest BCUT2D eigenvalue weighted by molar-refractivity contribution is -0.268. The molecule has 4 unspecified atom stereocenters. The van der Waals surface area contributed by atoms with E-state index >= 15 is 0 Å². The van der Waals surface area contributed by atoms with Gasteiger partial charge in [-0.2, -0.15) is 0 Å². The molecule has 0 spiro atoms. The van der Waals surface area contributed by atoms with Crippen LogP contribution in [0.5, 0.6) is 5.75 Å². The third kappa shape index (κ3) is 7.23. The molecule has 1 saturated heterocycles. The van der Waals surface area contributed by atoms with E-state index in [2.05, 4.69) is 54.7 Å². The quantitative estimate of drug-likeness (QED) is 0.195. The smallest absolute Gasteiger partial charge is 0.217 e. The number of hydrogen-bond donors (Lipinski definition) is 2. The highest BCUT2D eigenvalue weighted by atomic mass is 32.2. The molecule has 6 nitrogen and oxygen atoms in total. The van der Waals surface area contributed by atoms with Gasteiger partial charge in [0.1, 0.15) is 5.75 Å². The van der Waals surface area contributed by atoms with Gasteiger partial charge in [-0.3, -0.25) is 4.79 Å². The third-order valence-electron chi connectivity index (χ3n) is 7.58. The fraction of sp³-hybridized carbons (Fsp3) is 0.286. The Balaban J connectivity index is 1.38. The minimum absolute atomic E-state index is 0.00770. The number of hydrogen-bond acceptors (Lipinski definition) is 6. The largest absolute Gasteiger partial charge is 0.496 e. The molecule has 0 radical (unpaired) electrons. The average Bonchev–Trinajstić information content (AvgIpc) is 3.03. The molecule has 42 heavy (non-hydrogen) atoms. The summed E-state index contributed by atoms with van der Waals surface area (Å²) in [5, 5.41) is 12.4. The second-order valence-electron chi connectivity index (χ2n) is 10.5. The maximum Gasteiger partial charge on any atom is 0.217 e. The molecule has 0 bridgehead atoms. The molecule has 1 aliphatic rings. The molecule has 5 rings (SSSR count). The van der Waals surface area contributed by atoms with E-state index in [4.69, 9.17) is 14.2 Å². The summed E-state index contributed by atoms with van der Waals surface area (Å²) >= 11 is 1.72. The van der Waals surface area contributed by atoms with Crippen molar-refractivity contribution < 1.29 is 24.1 Å². The normalized spacial score (nSPS) is 20.2. The van der Waals surface area contributed by atoms with Crippen LogP contribution in [0.2, 0.25) is 0 Å². The predicted molar refractivity (Wildman–Crippen MR) is 166 cm³/mol. The number of thioether (sulfide) groups is 1. The summed E-state index contributed by atoms with van der Waals surface area (Å²) in [6.45, 7) is 4.20. The van der Waals surface area contributed by atoms with E-state index in [1.807, 2.05) is 54.6 Å². The Bertz CT molecular complexity index is 1470. The van der Waals surface area contributed by atoms with Crippen LogP contribution >= 0.6 is 11.8 Å². The number of para-hydroxylation sites is 1. The summed E-state index contributed by atoms with van der Waals surface area (Å²) in [5.41, 5.74) is 6.08. The van der Waals surface area contributed by atoms with Crippen LogP contribution in [-0.2, 0) is 27.4 Å². The van der Waals surface area contributed by atoms with Gasteiger partial charge < -0.3 is 24.6 Å². The Kier molecular flexibility index (Phi) is 9.97. The van der Waals surface area contributed by atoms with Crippen LogP contribution in [0.4, 0.5) is 0 Å². The molecule has 1 aliphatic heterocycles. The van der Waals surface area contributed by atoms with E-state index in [0.29, 0.717) is 6.54 Å². The van der Waals surface area contributed by atoms with Crippen LogP contribution in [0.3, 0.4) is 0 Å². The highest BCUT2D eigenvalue weighted by Crippen LogP contribution is 2.44. The van der Waals surface area contributed by atoms with E-state index in [-0.39, 0.29) is 30.6 Å². The number of carbonyl (C=O) groups is 1. The van der Waals surface area contributed by atoms with E-state index in [1.54, 1.807) is 18.9 Å². The third-order valence-corrected chi connectivity index (χ3v) is 8.72. The van der Waals surface area contributed by atoms with Crippen LogP contribution < -0.4 is 10.1 Å². The second-order valence-corrected chi connectivity index (χ2v) is 11.6. The number of carbonyl (C=O) groups excluding carboxylic acids is 1. The molecule has 0 aromatic heterocycles. The molecule has 218 valence electrons. The second kappa shape index (κ2) is 14.0. The first-order valence-electron chi connectivity index (χ1n) is 14.2. The highest BCUT2D eigenvalue weighted by Gasteiger charge is 2.38. The Morgan fingerprint density at radius 2 is 1.62 bits per heavy atom. The Hall–Kier alpha value is -3.62. The summed E-state index contributed by atoms with van der Waals surface area (Å²) in [7, 11) is 1.69. The maximum atomic E-state index is 11.3. The van der Waals surface area contributed by atoms with Crippen molar-refractivity contribution in [3.05, 3.63) is 119 Å². The zero-order valence-corrected chi connectivity index (χ0v) is 25.0. The van der Waals surface area contributed by atoms with Gasteiger partial charge >= 0.3 is 0 Å². The Morgan fingerprint density at radius 1 is 0.881 bits per heavy atom. The van der Waals surface area contributed by atoms with Gasteiger partial charge in [-0.05, 0) is 46.0 Å². The van der Waals surface area contributed by atoms with Crippen LogP contribution in [0.25, 0.3) is 11.1 Å². The van der Waals surface area contributed by atoms with Gasteiger partial charge in [-0.25, -0.2) is 0 Å². The van der Waals surface area contributed by atoms with Gasteiger partial charge in [0, 0.05) is 35.6 Å². The monoisotopic (exact) mass is 583 g/mol. The lowest BCUT2D eigenvalue weighted by atomic mass is 9.91. The number of amides is 1. The molecule has 2 N–H and O–H groups in total. The van der Waals surface area contributed by atoms with Crippen molar-refractivity contribution in [3.8, 4) is 16.9 Å². The topological polar surface area (TPSA) is 77.0 Å². The Morgan fingerprint density at radius 3 is 2.33 bits per heavy atom. The van der Waals surface area contributed by atoms with E-state index in [1.165, 1.54) is 6.92 Å². The van der Waals surface area contributed by atoms with E-state index in [0.717, 1.165) is 49.8 Å². The summed E-state index contributed by atoms with van der Waals surface area (Å²) < 4.78 is 18.8. The van der Waals surface area contributed by atoms with E-state index in [9.17, 15) is 9.90 Å². The molecule has 7 heteroatoms. The molecule has 0 aliphatic carbocycles. The van der Waals surface area contributed by atoms with Gasteiger partial charge in [0.2, 0.25) is 5.91 Å². The number of rotatable bonds is 10. The fourth-order valence-corrected chi connectivity index (χ4v) is 6.33. The molecular formula is C35H37NO5S. The van der Waals surface area contributed by atoms with Crippen LogP contribution in [0, 0.1) is 5.92 Å². The fourth-order valence-electron chi connectivity index (χ4n) is 5.14. The average molecular weight is 584 g/mol. The highest BCUT2D eigenvalue weighted by molar-refractivity contribution is 7.99. The van der Waals surface area contributed by atoms with Crippen molar-refractivity contribution in [2.45, 2.75) is 50.4 Å². The minimum atomic E-state index is -0.535. The molecule has 0 saturated carbocycles. The summed E-state index contributed by atoms with van der Waals surface area (Å²) in [4.78, 5) is 12.4. The standard InChI is InChI=1S/C35H37NO5S/c1-23-32(22-42-33-10-5-4-9-31(33)39-3)40-35(41-34(23)28-13-11-25(21-37)12-14-28)29-17-15-27(16-18-29)30-8-6-7-26(19-30)20-36-24(2)38/h4-19,23,32,34-35,37H,20-22H2,1-3H3,(H,36,38). The molecule has 4 atom stereocenters. The van der Waals surface area contributed by atoms with Crippen molar-refractivity contribution in [2.75, 3.05) is 12.9 Å². The van der Waals surface area contributed by atoms with Crippen LogP contribution in [-0.4, -0.2) is 30.0 Å². The van der Waals surface area contributed by atoms with Gasteiger partial charge in [0.05, 0.1) is 25.9 Å². The number of nitrogens with one attached hydrogen (secondary N) is 1. The lowest BCUT2D eigenvalue weighted by Gasteiger charge is -2.41. The molecule has 4 aromatic rings. The molecule has 1 amide bonds. The minimum Gasteiger partial charge on any atom is -0.496 e. The SMILES string of the molecule is COc1ccccc1SCC1OC(c2ccc(-c3cccc(CNC(C)=O)c3)cc2)OC(c2ccc(CO)cc2)C1C. The van der Waals surface area contributed by atoms with Crippen molar-refractivity contribution in [1.29, 1.82) is 0 Å². The maximum absolute atomic E-state index is 11.3. The van der Waals surface area contributed by atoms with Crippen molar-refractivity contribution >= 4 is 17.7 Å². The molecule has 4 aromatic carbocycles. The van der Waals surface area contributed by atoms with Crippen LogP contribution in [0.15, 0.2) is 102 Å². The first-order chi connectivity index (χ1) is 20.4. The number of methoxy groups -OCH3 is 1. The van der Waals surface area contributed by atoms with E-state index < -0.39 is 6.29 Å². The first kappa shape index (κ1) is 29.9. The van der Waals surface area contributed by atoms with Gasteiger partial charge in [0.25, 0.3) is 0 Å². The first-order valence-corrected chi connectivity index (χ1v) is 15.1. The lowest BCUT2D eigenvalue weighted by Crippen LogP contribution is -2.38. The number of benzene rings is 4. The summed E-state index contributed by atoms with van der Waals surface area (Å²) in [5.74, 6) is 1.64.